The van der Waals surface area contributed by atoms with E-state index in [1.807, 2.05) is 36.4 Å². The first-order chi connectivity index (χ1) is 20.7. The highest BCUT2D eigenvalue weighted by atomic mass is 16.5. The Morgan fingerprint density at radius 1 is 1.05 bits per heavy atom. The Labute approximate surface area is 245 Å². The van der Waals surface area contributed by atoms with Gasteiger partial charge in [0.2, 0.25) is 5.91 Å². The molecule has 4 aromatic rings. The number of carboxylic acids is 1. The summed E-state index contributed by atoms with van der Waals surface area (Å²) in [6, 6.07) is 17.2. The predicted molar refractivity (Wildman–Crippen MR) is 154 cm³/mol. The smallest absolute Gasteiger partial charge is 0.332 e. The summed E-state index contributed by atoms with van der Waals surface area (Å²) in [6.07, 6.45) is -0.378. The number of nitrogens with zero attached hydrogens (tertiary/aromatic N) is 2. The van der Waals surface area contributed by atoms with Gasteiger partial charge in [-0.15, -0.1) is 0 Å². The van der Waals surface area contributed by atoms with Crippen molar-refractivity contribution in [1.82, 2.24) is 15.2 Å². The molecule has 0 radical (unpaired) electrons. The third-order valence-corrected chi connectivity index (χ3v) is 7.88. The van der Waals surface area contributed by atoms with Crippen molar-refractivity contribution >= 4 is 46.3 Å². The van der Waals surface area contributed by atoms with Crippen LogP contribution in [0.15, 0.2) is 72.8 Å². The van der Waals surface area contributed by atoms with E-state index in [-0.39, 0.29) is 17.7 Å². The van der Waals surface area contributed by atoms with Crippen molar-refractivity contribution in [3.8, 4) is 5.75 Å². The van der Waals surface area contributed by atoms with Crippen LogP contribution in [0.3, 0.4) is 0 Å². The Balaban J connectivity index is 1.42. The van der Waals surface area contributed by atoms with Gasteiger partial charge < -0.3 is 25.9 Å². The molecule has 1 aromatic heterocycles. The number of benzene rings is 3. The van der Waals surface area contributed by atoms with E-state index in [4.69, 9.17) is 10.5 Å². The number of urea groups is 1. The number of nitrogens with one attached hydrogen (secondary N) is 2. The average molecular weight is 582 g/mol. The number of para-hydroxylation sites is 2. The van der Waals surface area contributed by atoms with Crippen LogP contribution < -0.4 is 20.7 Å². The molecule has 5 amide bonds. The molecule has 5 N–H and O–H groups in total. The molecule has 0 aliphatic carbocycles. The minimum atomic E-state index is -1.59. The highest BCUT2D eigenvalue weighted by Crippen LogP contribution is 2.45. The number of aromatic amines is 1. The number of carboxylic acid groups (broad SMARTS) is 1. The lowest BCUT2D eigenvalue weighted by molar-refractivity contribution is -0.141. The number of carbonyl (C=O) groups excluding carboxylic acids is 4. The van der Waals surface area contributed by atoms with Gasteiger partial charge in [-0.3, -0.25) is 19.3 Å². The van der Waals surface area contributed by atoms with E-state index in [2.05, 4.69) is 10.3 Å². The molecule has 2 aliphatic heterocycles. The number of hydrogen-bond acceptors (Lipinski definition) is 6. The van der Waals surface area contributed by atoms with Crippen molar-refractivity contribution in [2.24, 2.45) is 5.73 Å². The molecule has 43 heavy (non-hydrogen) atoms. The van der Waals surface area contributed by atoms with Gasteiger partial charge >= 0.3 is 12.0 Å². The van der Waals surface area contributed by atoms with Crippen LogP contribution in [0, 0.1) is 0 Å². The van der Waals surface area contributed by atoms with Gasteiger partial charge in [-0.2, -0.15) is 0 Å². The van der Waals surface area contributed by atoms with E-state index in [9.17, 15) is 29.1 Å². The average Bonchev–Trinajstić information content (AvgIpc) is 3.49. The molecule has 12 heteroatoms. The molecule has 1 fully saturated rings. The van der Waals surface area contributed by atoms with Crippen molar-refractivity contribution in [2.45, 2.75) is 31.0 Å². The zero-order valence-electron chi connectivity index (χ0n) is 22.9. The third-order valence-electron chi connectivity index (χ3n) is 7.88. The number of carbonyl (C=O) groups is 5. The molecule has 218 valence electrons. The van der Waals surface area contributed by atoms with E-state index in [1.54, 1.807) is 25.3 Å². The number of methoxy groups -OCH3 is 1. The molecule has 1 saturated heterocycles. The molecule has 0 saturated carbocycles. The van der Waals surface area contributed by atoms with Gasteiger partial charge in [-0.05, 0) is 41.5 Å². The molecular formula is C31H27N5O7. The van der Waals surface area contributed by atoms with E-state index in [1.165, 1.54) is 23.1 Å². The molecule has 0 spiro atoms. The Hall–Kier alpha value is -5.65. The van der Waals surface area contributed by atoms with E-state index in [0.29, 0.717) is 5.75 Å². The molecule has 0 unspecified atom stereocenters. The van der Waals surface area contributed by atoms with Crippen molar-refractivity contribution in [2.75, 3.05) is 12.0 Å². The topological polar surface area (TPSA) is 175 Å². The number of imide groups is 1. The van der Waals surface area contributed by atoms with E-state index >= 15 is 0 Å². The maximum Gasteiger partial charge on any atom is 0.332 e. The lowest BCUT2D eigenvalue weighted by atomic mass is 9.89. The second kappa shape index (κ2) is 10.6. The standard InChI is InChI=1S/C31H27N5O7/c1-43-17-12-10-16(11-13-17)27-26-20(18-6-2-4-8-21(18)33-26)14-24-29(39)36(31(42)35(24)27)23-9-5-3-7-19(23)28(38)34-22(30(40)41)15-25(32)37/h2-13,22,24,27,33H,14-15H2,1H3,(H2,32,37)(H,34,38)(H,40,41)/t22-,24-,27-/m0/s1. The second-order valence-corrected chi connectivity index (χ2v) is 10.4. The monoisotopic (exact) mass is 581 g/mol. The normalized spacial score (nSPS) is 18.3. The van der Waals surface area contributed by atoms with Gasteiger partial charge in [0.25, 0.3) is 11.8 Å². The summed E-state index contributed by atoms with van der Waals surface area (Å²) in [5.74, 6) is -3.13. The fraction of sp³-hybridized carbons (Fsp3) is 0.194. The second-order valence-electron chi connectivity index (χ2n) is 10.4. The number of hydrogen-bond donors (Lipinski definition) is 4. The molecule has 3 heterocycles. The zero-order valence-corrected chi connectivity index (χ0v) is 22.9. The number of aromatic nitrogens is 1. The maximum absolute atomic E-state index is 14.2. The SMILES string of the molecule is COc1ccc([C@H]2c3[nH]c4ccccc4c3C[C@H]3C(=O)N(c4ccccc4C(=O)N[C@@H](CC(N)=O)C(=O)O)C(=O)N23)cc1. The largest absolute Gasteiger partial charge is 0.497 e. The fourth-order valence-corrected chi connectivity index (χ4v) is 5.93. The molecule has 6 rings (SSSR count). The number of fused-ring (bicyclic) bond motifs is 4. The summed E-state index contributed by atoms with van der Waals surface area (Å²) in [5.41, 5.74) is 8.38. The quantitative estimate of drug-likeness (QED) is 0.231. The van der Waals surface area contributed by atoms with Crippen LogP contribution in [-0.4, -0.2) is 63.9 Å². The van der Waals surface area contributed by atoms with Crippen LogP contribution >= 0.6 is 0 Å². The first-order valence-corrected chi connectivity index (χ1v) is 13.5. The third kappa shape index (κ3) is 4.62. The molecular weight excluding hydrogens is 554 g/mol. The maximum atomic E-state index is 14.2. The Kier molecular flexibility index (Phi) is 6.81. The summed E-state index contributed by atoms with van der Waals surface area (Å²) in [4.78, 5) is 70.6. The summed E-state index contributed by atoms with van der Waals surface area (Å²) < 4.78 is 5.32. The number of ether oxygens (including phenoxy) is 1. The summed E-state index contributed by atoms with van der Waals surface area (Å²) >= 11 is 0. The molecule has 3 atom stereocenters. The first-order valence-electron chi connectivity index (χ1n) is 13.5. The number of nitrogens with two attached hydrogens (primary N) is 1. The zero-order chi connectivity index (χ0) is 30.4. The fourth-order valence-electron chi connectivity index (χ4n) is 5.93. The molecule has 2 aliphatic rings. The minimum absolute atomic E-state index is 0.00499. The van der Waals surface area contributed by atoms with Gasteiger partial charge in [0.15, 0.2) is 0 Å². The van der Waals surface area contributed by atoms with Crippen molar-refractivity contribution < 1.29 is 33.8 Å². The van der Waals surface area contributed by atoms with Crippen LogP contribution in [0.2, 0.25) is 0 Å². The van der Waals surface area contributed by atoms with Gasteiger partial charge in [0.05, 0.1) is 24.8 Å². The number of primary amides is 1. The van der Waals surface area contributed by atoms with E-state index in [0.717, 1.165) is 32.6 Å². The van der Waals surface area contributed by atoms with Crippen molar-refractivity contribution in [3.63, 3.8) is 0 Å². The van der Waals surface area contributed by atoms with Gasteiger partial charge in [-0.1, -0.05) is 42.5 Å². The number of H-pyrrole nitrogens is 1. The summed E-state index contributed by atoms with van der Waals surface area (Å²) in [7, 11) is 1.56. The Morgan fingerprint density at radius 3 is 2.44 bits per heavy atom. The Morgan fingerprint density at radius 2 is 1.74 bits per heavy atom. The minimum Gasteiger partial charge on any atom is -0.497 e. The highest BCUT2D eigenvalue weighted by Gasteiger charge is 2.53. The van der Waals surface area contributed by atoms with Crippen LogP contribution in [-0.2, 0) is 20.8 Å². The van der Waals surface area contributed by atoms with E-state index < -0.39 is 54.3 Å². The number of anilines is 1. The van der Waals surface area contributed by atoms with Crippen molar-refractivity contribution in [3.05, 3.63) is 95.2 Å². The molecule has 3 aromatic carbocycles. The van der Waals surface area contributed by atoms with Crippen LogP contribution in [0.1, 0.15) is 39.6 Å². The van der Waals surface area contributed by atoms with Crippen LogP contribution in [0.4, 0.5) is 10.5 Å². The number of rotatable bonds is 8. The number of amides is 5. The summed E-state index contributed by atoms with van der Waals surface area (Å²) in [6.45, 7) is 0. The Bertz CT molecular complexity index is 1800. The predicted octanol–water partition coefficient (Wildman–Crippen LogP) is 2.72. The van der Waals surface area contributed by atoms with Crippen LogP contribution in [0.25, 0.3) is 10.9 Å². The molecule has 0 bridgehead atoms. The highest BCUT2D eigenvalue weighted by molar-refractivity contribution is 6.24. The first kappa shape index (κ1) is 27.5. The lowest BCUT2D eigenvalue weighted by Gasteiger charge is -2.36. The molecule has 12 nitrogen and oxygen atoms in total. The van der Waals surface area contributed by atoms with Gasteiger partial charge in [-0.25, -0.2) is 14.5 Å². The number of aliphatic carboxylic acids is 1. The lowest BCUT2D eigenvalue weighted by Crippen LogP contribution is -2.44. The van der Waals surface area contributed by atoms with Crippen molar-refractivity contribution in [1.29, 1.82) is 0 Å². The summed E-state index contributed by atoms with van der Waals surface area (Å²) in [5, 5.41) is 12.7. The van der Waals surface area contributed by atoms with Crippen LogP contribution in [0.5, 0.6) is 5.75 Å². The van der Waals surface area contributed by atoms with Gasteiger partial charge in [0.1, 0.15) is 23.9 Å². The van der Waals surface area contributed by atoms with Gasteiger partial charge in [0, 0.05) is 23.0 Å².